The zero-order chi connectivity index (χ0) is 14.2. The van der Waals surface area contributed by atoms with E-state index in [-0.39, 0.29) is 30.1 Å². The van der Waals surface area contributed by atoms with Gasteiger partial charge in [0.1, 0.15) is 11.3 Å². The summed E-state index contributed by atoms with van der Waals surface area (Å²) in [7, 11) is 0. The summed E-state index contributed by atoms with van der Waals surface area (Å²) < 4.78 is 0. The van der Waals surface area contributed by atoms with Gasteiger partial charge in [-0.3, -0.25) is 9.59 Å². The monoisotopic (exact) mass is 265 g/mol. The van der Waals surface area contributed by atoms with Gasteiger partial charge in [-0.15, -0.1) is 0 Å². The molecule has 7 heteroatoms. The van der Waals surface area contributed by atoms with E-state index in [1.165, 1.54) is 17.0 Å². The zero-order valence-corrected chi connectivity index (χ0v) is 9.74. The van der Waals surface area contributed by atoms with Gasteiger partial charge in [0, 0.05) is 18.7 Å². The molecule has 0 spiro atoms. The molecule has 1 saturated heterocycles. The van der Waals surface area contributed by atoms with Crippen LogP contribution >= 0.6 is 0 Å². The highest BCUT2D eigenvalue weighted by Gasteiger charge is 2.35. The summed E-state index contributed by atoms with van der Waals surface area (Å²) >= 11 is 0. The second kappa shape index (κ2) is 4.60. The van der Waals surface area contributed by atoms with E-state index in [0.29, 0.717) is 0 Å². The van der Waals surface area contributed by atoms with Gasteiger partial charge in [-0.25, -0.2) is 4.79 Å². The van der Waals surface area contributed by atoms with Crippen LogP contribution in [-0.4, -0.2) is 39.7 Å². The van der Waals surface area contributed by atoms with Gasteiger partial charge in [-0.1, -0.05) is 0 Å². The molecule has 1 amide bonds. The highest BCUT2D eigenvalue weighted by Crippen LogP contribution is 2.29. The summed E-state index contributed by atoms with van der Waals surface area (Å²) in [4.78, 5) is 34.6. The summed E-state index contributed by atoms with van der Waals surface area (Å²) in [6.07, 6.45) is -0.112. The molecule has 1 aliphatic rings. The number of benzene rings is 1. The summed E-state index contributed by atoms with van der Waals surface area (Å²) in [5.74, 6) is -3.96. The lowest BCUT2D eigenvalue weighted by atomic mass is 10.1. The first kappa shape index (κ1) is 12.9. The van der Waals surface area contributed by atoms with Crippen LogP contribution in [0.4, 0.5) is 5.69 Å². The van der Waals surface area contributed by atoms with E-state index in [4.69, 9.17) is 10.2 Å². The zero-order valence-electron chi connectivity index (χ0n) is 9.74. The molecule has 0 radical (unpaired) electrons. The molecule has 0 saturated carbocycles. The predicted octanol–water partition coefficient (Wildman–Crippen LogP) is 0.528. The molecule has 0 aliphatic carbocycles. The number of carbonyl (C=O) groups is 3. The van der Waals surface area contributed by atoms with Crippen LogP contribution in [-0.2, 0) is 9.59 Å². The number of phenols is 1. The van der Waals surface area contributed by atoms with Crippen molar-refractivity contribution in [1.29, 1.82) is 0 Å². The molecular formula is C12H11NO6. The van der Waals surface area contributed by atoms with Crippen LogP contribution in [0.3, 0.4) is 0 Å². The molecule has 1 atom stereocenters. The van der Waals surface area contributed by atoms with Crippen molar-refractivity contribution in [3.63, 3.8) is 0 Å². The maximum atomic E-state index is 11.7. The SMILES string of the molecule is O=C(O)c1cc(N2C[C@H](C(=O)O)CC2=O)ccc1O. The number of carboxylic acid groups (broad SMARTS) is 2. The second-order valence-corrected chi connectivity index (χ2v) is 4.25. The molecular weight excluding hydrogens is 254 g/mol. The van der Waals surface area contributed by atoms with Crippen LogP contribution in [0, 0.1) is 5.92 Å². The maximum Gasteiger partial charge on any atom is 0.339 e. The van der Waals surface area contributed by atoms with Gasteiger partial charge in [0.25, 0.3) is 0 Å². The number of carbonyl (C=O) groups excluding carboxylic acids is 1. The highest BCUT2D eigenvalue weighted by molar-refractivity contribution is 6.00. The Balaban J connectivity index is 2.33. The minimum Gasteiger partial charge on any atom is -0.507 e. The third-order valence-electron chi connectivity index (χ3n) is 3.00. The lowest BCUT2D eigenvalue weighted by Gasteiger charge is -2.16. The predicted molar refractivity (Wildman–Crippen MR) is 63.2 cm³/mol. The number of aromatic carboxylic acids is 1. The van der Waals surface area contributed by atoms with E-state index in [9.17, 15) is 19.5 Å². The molecule has 2 rings (SSSR count). The Hall–Kier alpha value is -2.57. The van der Waals surface area contributed by atoms with Crippen LogP contribution in [0.15, 0.2) is 18.2 Å². The molecule has 1 aromatic rings. The minimum atomic E-state index is -1.32. The van der Waals surface area contributed by atoms with Crippen molar-refractivity contribution in [2.45, 2.75) is 6.42 Å². The van der Waals surface area contributed by atoms with Gasteiger partial charge in [0.2, 0.25) is 5.91 Å². The fourth-order valence-electron chi connectivity index (χ4n) is 1.99. The number of hydrogen-bond acceptors (Lipinski definition) is 4. The van der Waals surface area contributed by atoms with Crippen molar-refractivity contribution in [3.8, 4) is 5.75 Å². The van der Waals surface area contributed by atoms with Gasteiger partial charge in [-0.05, 0) is 18.2 Å². The Morgan fingerprint density at radius 2 is 1.95 bits per heavy atom. The van der Waals surface area contributed by atoms with E-state index in [0.717, 1.165) is 6.07 Å². The fraction of sp³-hybridized carbons (Fsp3) is 0.250. The topological polar surface area (TPSA) is 115 Å². The molecule has 3 N–H and O–H groups in total. The van der Waals surface area contributed by atoms with Crippen molar-refractivity contribution in [1.82, 2.24) is 0 Å². The smallest absolute Gasteiger partial charge is 0.339 e. The molecule has 100 valence electrons. The van der Waals surface area contributed by atoms with Crippen molar-refractivity contribution < 1.29 is 29.7 Å². The van der Waals surface area contributed by atoms with Gasteiger partial charge in [-0.2, -0.15) is 0 Å². The Kier molecular flexibility index (Phi) is 3.12. The summed E-state index contributed by atoms with van der Waals surface area (Å²) in [5, 5.41) is 27.1. The Morgan fingerprint density at radius 3 is 2.47 bits per heavy atom. The molecule has 0 bridgehead atoms. The number of aliphatic carboxylic acids is 1. The first-order valence-corrected chi connectivity index (χ1v) is 5.49. The third kappa shape index (κ3) is 2.35. The quantitative estimate of drug-likeness (QED) is 0.734. The van der Waals surface area contributed by atoms with Crippen molar-refractivity contribution in [3.05, 3.63) is 23.8 Å². The van der Waals surface area contributed by atoms with Gasteiger partial charge in [0.05, 0.1) is 5.92 Å². The second-order valence-electron chi connectivity index (χ2n) is 4.25. The number of nitrogens with zero attached hydrogens (tertiary/aromatic N) is 1. The Morgan fingerprint density at radius 1 is 1.26 bits per heavy atom. The van der Waals surface area contributed by atoms with Crippen LogP contribution in [0.2, 0.25) is 0 Å². The molecule has 1 aromatic carbocycles. The average molecular weight is 265 g/mol. The number of anilines is 1. The summed E-state index contributed by atoms with van der Waals surface area (Å²) in [6.45, 7) is -0.00198. The third-order valence-corrected chi connectivity index (χ3v) is 3.00. The van der Waals surface area contributed by atoms with E-state index in [1.807, 2.05) is 0 Å². The van der Waals surface area contributed by atoms with Crippen LogP contribution in [0.5, 0.6) is 5.75 Å². The number of aromatic hydroxyl groups is 1. The molecule has 1 heterocycles. The Bertz CT molecular complexity index is 567. The number of hydrogen-bond donors (Lipinski definition) is 3. The fourth-order valence-corrected chi connectivity index (χ4v) is 1.99. The normalized spacial score (nSPS) is 18.6. The summed E-state index contributed by atoms with van der Waals surface area (Å²) in [6, 6.07) is 3.70. The molecule has 1 aliphatic heterocycles. The first-order chi connectivity index (χ1) is 8.90. The number of rotatable bonds is 3. The van der Waals surface area contributed by atoms with Crippen molar-refractivity contribution in [2.24, 2.45) is 5.92 Å². The van der Waals surface area contributed by atoms with Crippen molar-refractivity contribution in [2.75, 3.05) is 11.4 Å². The van der Waals surface area contributed by atoms with E-state index >= 15 is 0 Å². The molecule has 19 heavy (non-hydrogen) atoms. The van der Waals surface area contributed by atoms with Crippen LogP contribution < -0.4 is 4.90 Å². The largest absolute Gasteiger partial charge is 0.507 e. The van der Waals surface area contributed by atoms with Crippen LogP contribution in [0.25, 0.3) is 0 Å². The molecule has 0 aromatic heterocycles. The molecule has 0 unspecified atom stereocenters. The van der Waals surface area contributed by atoms with Gasteiger partial charge < -0.3 is 20.2 Å². The maximum absolute atomic E-state index is 11.7. The van der Waals surface area contributed by atoms with Gasteiger partial charge in [0.15, 0.2) is 0 Å². The van der Waals surface area contributed by atoms with E-state index in [1.54, 1.807) is 0 Å². The molecule has 7 nitrogen and oxygen atoms in total. The average Bonchev–Trinajstić information content (AvgIpc) is 2.72. The molecule has 1 fully saturated rings. The lowest BCUT2D eigenvalue weighted by Crippen LogP contribution is -2.25. The van der Waals surface area contributed by atoms with E-state index < -0.39 is 23.6 Å². The van der Waals surface area contributed by atoms with E-state index in [2.05, 4.69) is 0 Å². The van der Waals surface area contributed by atoms with Gasteiger partial charge >= 0.3 is 11.9 Å². The minimum absolute atomic E-state index is 0.00198. The standard InChI is InChI=1S/C12H11NO6/c14-9-2-1-7(4-8(9)12(18)19)13-5-6(11(16)17)3-10(13)15/h1-2,4,6,14H,3,5H2,(H,16,17)(H,18,19)/t6-/m1/s1. The first-order valence-electron chi connectivity index (χ1n) is 5.49. The summed E-state index contributed by atoms with van der Waals surface area (Å²) in [5.41, 5.74) is -0.0620. The number of amides is 1. The Labute approximate surface area is 107 Å². The van der Waals surface area contributed by atoms with Crippen molar-refractivity contribution >= 4 is 23.5 Å². The highest BCUT2D eigenvalue weighted by atomic mass is 16.4. The van der Waals surface area contributed by atoms with Crippen LogP contribution in [0.1, 0.15) is 16.8 Å². The number of carboxylic acids is 2. The lowest BCUT2D eigenvalue weighted by molar-refractivity contribution is -0.141.